The van der Waals surface area contributed by atoms with E-state index in [1.165, 1.54) is 17.7 Å². The van der Waals surface area contributed by atoms with Crippen molar-refractivity contribution in [1.29, 1.82) is 0 Å². The molecule has 0 aliphatic heterocycles. The molecule has 0 atom stereocenters. The highest BCUT2D eigenvalue weighted by atomic mass is 32.2. The van der Waals surface area contributed by atoms with Crippen LogP contribution in [0, 0.1) is 0 Å². The molecule has 0 amide bonds. The lowest BCUT2D eigenvalue weighted by molar-refractivity contribution is 0.635. The maximum absolute atomic E-state index is 4.67. The van der Waals surface area contributed by atoms with Crippen LogP contribution in [-0.2, 0) is 12.2 Å². The third kappa shape index (κ3) is 3.09. The number of thioether (sulfide) groups is 1. The van der Waals surface area contributed by atoms with Gasteiger partial charge in [-0.1, -0.05) is 23.9 Å². The quantitative estimate of drug-likeness (QED) is 0.479. The summed E-state index contributed by atoms with van der Waals surface area (Å²) in [6.45, 7) is 0. The maximum Gasteiger partial charge on any atom is 0.191 e. The molecule has 0 radical (unpaired) electrons. The minimum Gasteiger partial charge on any atom is -0.307 e. The van der Waals surface area contributed by atoms with Crippen LogP contribution in [-0.4, -0.2) is 24.1 Å². The molecule has 7 heteroatoms. The summed E-state index contributed by atoms with van der Waals surface area (Å²) in [7, 11) is 0. The van der Waals surface area contributed by atoms with E-state index < -0.39 is 0 Å². The Morgan fingerprint density at radius 2 is 2.12 bits per heavy atom. The van der Waals surface area contributed by atoms with Crippen molar-refractivity contribution in [2.45, 2.75) is 36.2 Å². The van der Waals surface area contributed by atoms with Crippen molar-refractivity contribution in [3.8, 4) is 0 Å². The lowest BCUT2D eigenvalue weighted by Gasteiger charge is -2.07. The molecule has 5 rings (SSSR count). The minimum atomic E-state index is 0.577. The molecule has 0 unspecified atom stereocenters. The van der Waals surface area contributed by atoms with Crippen LogP contribution in [0.25, 0.3) is 5.65 Å². The molecule has 0 spiro atoms. The molecular formula is C18H17N5S2. The van der Waals surface area contributed by atoms with Crippen LogP contribution >= 0.6 is 23.1 Å². The minimum absolute atomic E-state index is 0.577. The highest BCUT2D eigenvalue weighted by Gasteiger charge is 2.29. The van der Waals surface area contributed by atoms with E-state index in [4.69, 9.17) is 0 Å². The summed E-state index contributed by atoms with van der Waals surface area (Å²) in [5.41, 5.74) is 2.06. The van der Waals surface area contributed by atoms with E-state index in [1.807, 2.05) is 24.4 Å². The standard InChI is InChI=1S/C18H17N5S2/c1-2-8-22-11-13(19-16(22)5-1)12-25-18-21-20-17(23(18)14-6-7-14)10-15-4-3-9-24-15/h1-5,8-9,11,14H,6-7,10,12H2. The van der Waals surface area contributed by atoms with E-state index in [9.17, 15) is 0 Å². The summed E-state index contributed by atoms with van der Waals surface area (Å²) >= 11 is 3.51. The van der Waals surface area contributed by atoms with Gasteiger partial charge in [-0.15, -0.1) is 21.5 Å². The van der Waals surface area contributed by atoms with Crippen molar-refractivity contribution in [2.24, 2.45) is 0 Å². The number of pyridine rings is 1. The second-order valence-corrected chi connectivity index (χ2v) is 8.22. The van der Waals surface area contributed by atoms with Crippen molar-refractivity contribution in [2.75, 3.05) is 0 Å². The summed E-state index contributed by atoms with van der Waals surface area (Å²) in [4.78, 5) is 6.01. The first-order valence-corrected chi connectivity index (χ1v) is 10.2. The fraction of sp³-hybridized carbons (Fsp3) is 0.278. The van der Waals surface area contributed by atoms with Crippen LogP contribution in [0.4, 0.5) is 0 Å². The monoisotopic (exact) mass is 367 g/mol. The lowest BCUT2D eigenvalue weighted by atomic mass is 10.3. The van der Waals surface area contributed by atoms with Crippen LogP contribution in [0.5, 0.6) is 0 Å². The van der Waals surface area contributed by atoms with E-state index in [-0.39, 0.29) is 0 Å². The Bertz CT molecular complexity index is 965. The van der Waals surface area contributed by atoms with Gasteiger partial charge in [-0.2, -0.15) is 0 Å². The van der Waals surface area contributed by atoms with Crippen LogP contribution in [0.1, 0.15) is 35.3 Å². The van der Waals surface area contributed by atoms with Gasteiger partial charge in [0.1, 0.15) is 11.5 Å². The summed E-state index contributed by atoms with van der Waals surface area (Å²) in [6.07, 6.45) is 7.46. The molecule has 25 heavy (non-hydrogen) atoms. The largest absolute Gasteiger partial charge is 0.307 e. The highest BCUT2D eigenvalue weighted by molar-refractivity contribution is 7.98. The number of hydrogen-bond acceptors (Lipinski definition) is 5. The fourth-order valence-corrected chi connectivity index (χ4v) is 4.60. The average molecular weight is 368 g/mol. The number of thiophene rings is 1. The van der Waals surface area contributed by atoms with E-state index in [2.05, 4.69) is 47.9 Å². The summed E-state index contributed by atoms with van der Waals surface area (Å²) < 4.78 is 4.41. The van der Waals surface area contributed by atoms with Gasteiger partial charge >= 0.3 is 0 Å². The molecule has 126 valence electrons. The number of imidazole rings is 1. The van der Waals surface area contributed by atoms with Crippen molar-refractivity contribution in [3.05, 3.63) is 64.5 Å². The van der Waals surface area contributed by atoms with Gasteiger partial charge in [0.25, 0.3) is 0 Å². The Hall–Kier alpha value is -2.12. The number of aromatic nitrogens is 5. The smallest absolute Gasteiger partial charge is 0.191 e. The second kappa shape index (κ2) is 6.31. The Kier molecular flexibility index (Phi) is 3.83. The van der Waals surface area contributed by atoms with Crippen molar-refractivity contribution in [3.63, 3.8) is 0 Å². The van der Waals surface area contributed by atoms with Crippen molar-refractivity contribution >= 4 is 28.7 Å². The van der Waals surface area contributed by atoms with Crippen LogP contribution < -0.4 is 0 Å². The molecule has 0 N–H and O–H groups in total. The fourth-order valence-electron chi connectivity index (χ4n) is 2.99. The third-order valence-corrected chi connectivity index (χ3v) is 6.18. The van der Waals surface area contributed by atoms with E-state index >= 15 is 0 Å². The first-order valence-electron chi connectivity index (χ1n) is 8.38. The van der Waals surface area contributed by atoms with Crippen molar-refractivity contribution in [1.82, 2.24) is 24.1 Å². The Morgan fingerprint density at radius 1 is 1.16 bits per heavy atom. The van der Waals surface area contributed by atoms with Gasteiger partial charge in [-0.05, 0) is 36.4 Å². The second-order valence-electron chi connectivity index (χ2n) is 6.24. The van der Waals surface area contributed by atoms with Crippen LogP contribution in [0.3, 0.4) is 0 Å². The maximum atomic E-state index is 4.67. The van der Waals surface area contributed by atoms with Gasteiger partial charge < -0.3 is 8.97 Å². The predicted octanol–water partition coefficient (Wildman–Crippen LogP) is 4.21. The summed E-state index contributed by atoms with van der Waals surface area (Å²) in [6, 6.07) is 10.9. The van der Waals surface area contributed by atoms with Gasteiger partial charge in [0.05, 0.1) is 5.69 Å². The number of fused-ring (bicyclic) bond motifs is 1. The first kappa shape index (κ1) is 15.2. The highest BCUT2D eigenvalue weighted by Crippen LogP contribution is 2.39. The van der Waals surface area contributed by atoms with E-state index in [0.29, 0.717) is 6.04 Å². The molecule has 1 saturated carbocycles. The number of rotatable bonds is 6. The molecular weight excluding hydrogens is 350 g/mol. The Labute approximate surface area is 153 Å². The average Bonchev–Trinajstić information content (AvgIpc) is 3.04. The van der Waals surface area contributed by atoms with Gasteiger partial charge in [0, 0.05) is 35.5 Å². The SMILES string of the molecule is c1csc(Cc2nnc(SCc3cn4ccccc4n3)n2C2CC2)c1. The molecule has 1 aliphatic carbocycles. The molecule has 0 saturated heterocycles. The summed E-state index contributed by atoms with van der Waals surface area (Å²) in [5, 5.41) is 12.1. The molecule has 4 aromatic rings. The van der Waals surface area contributed by atoms with Gasteiger partial charge in [0.2, 0.25) is 0 Å². The van der Waals surface area contributed by atoms with E-state index in [1.54, 1.807) is 23.1 Å². The first-order chi connectivity index (χ1) is 12.4. The van der Waals surface area contributed by atoms with Crippen LogP contribution in [0.15, 0.2) is 53.3 Å². The zero-order chi connectivity index (χ0) is 16.6. The van der Waals surface area contributed by atoms with E-state index in [0.717, 1.165) is 34.5 Å². The summed E-state index contributed by atoms with van der Waals surface area (Å²) in [5.74, 6) is 1.90. The Balaban J connectivity index is 1.37. The number of nitrogens with zero attached hydrogens (tertiary/aromatic N) is 5. The van der Waals surface area contributed by atoms with Gasteiger partial charge in [0.15, 0.2) is 5.16 Å². The topological polar surface area (TPSA) is 48.0 Å². The normalized spacial score (nSPS) is 14.4. The molecule has 5 nitrogen and oxygen atoms in total. The van der Waals surface area contributed by atoms with Crippen molar-refractivity contribution < 1.29 is 0 Å². The van der Waals surface area contributed by atoms with Crippen LogP contribution in [0.2, 0.25) is 0 Å². The molecule has 4 heterocycles. The predicted molar refractivity (Wildman–Crippen MR) is 100 cm³/mol. The third-order valence-electron chi connectivity index (χ3n) is 4.32. The molecule has 0 bridgehead atoms. The molecule has 1 fully saturated rings. The van der Waals surface area contributed by atoms with Gasteiger partial charge in [-0.3, -0.25) is 0 Å². The zero-order valence-electron chi connectivity index (χ0n) is 13.6. The lowest BCUT2D eigenvalue weighted by Crippen LogP contribution is -2.03. The molecule has 4 aromatic heterocycles. The number of hydrogen-bond donors (Lipinski definition) is 0. The molecule has 1 aliphatic rings. The molecule has 0 aromatic carbocycles. The van der Waals surface area contributed by atoms with Gasteiger partial charge in [-0.25, -0.2) is 4.98 Å². The Morgan fingerprint density at radius 3 is 2.92 bits per heavy atom. The zero-order valence-corrected chi connectivity index (χ0v) is 15.2.